The molecule has 3 rings (SSSR count). The minimum absolute atomic E-state index is 0.365. The number of fused-ring (bicyclic) bond motifs is 3. The van der Waals surface area contributed by atoms with E-state index in [2.05, 4.69) is 53.7 Å². The lowest BCUT2D eigenvalue weighted by Crippen LogP contribution is -2.48. The minimum Gasteiger partial charge on any atom is -0.454 e. The highest BCUT2D eigenvalue weighted by atomic mass is 28.4. The van der Waals surface area contributed by atoms with E-state index >= 15 is 0 Å². The normalized spacial score (nSPS) is 19.8. The summed E-state index contributed by atoms with van der Waals surface area (Å²) in [7, 11) is -1.76. The van der Waals surface area contributed by atoms with E-state index in [1.807, 2.05) is 0 Å². The quantitative estimate of drug-likeness (QED) is 0.606. The minimum atomic E-state index is -1.76. The van der Waals surface area contributed by atoms with Crippen LogP contribution in [0, 0.1) is 5.92 Å². The van der Waals surface area contributed by atoms with Crippen molar-refractivity contribution in [1.82, 2.24) is 0 Å². The Morgan fingerprint density at radius 2 is 1.72 bits per heavy atom. The summed E-state index contributed by atoms with van der Waals surface area (Å²) >= 11 is 0. The van der Waals surface area contributed by atoms with Gasteiger partial charge in [0.05, 0.1) is 0 Å². The molecule has 2 aliphatic rings. The molecule has 0 saturated heterocycles. The highest BCUT2D eigenvalue weighted by Crippen LogP contribution is 2.44. The molecule has 1 unspecified atom stereocenters. The first-order valence-electron chi connectivity index (χ1n) is 9.90. The maximum absolute atomic E-state index is 6.84. The van der Waals surface area contributed by atoms with Gasteiger partial charge in [-0.05, 0) is 53.4 Å². The van der Waals surface area contributed by atoms with Crippen LogP contribution >= 0.6 is 0 Å². The van der Waals surface area contributed by atoms with Crippen molar-refractivity contribution in [3.63, 3.8) is 0 Å². The second-order valence-electron chi connectivity index (χ2n) is 8.67. The van der Waals surface area contributed by atoms with E-state index in [1.54, 1.807) is 0 Å². The molecule has 0 fully saturated rings. The molecule has 0 aromatic heterocycles. The number of ether oxygens (including phenoxy) is 2. The van der Waals surface area contributed by atoms with Crippen LogP contribution in [-0.2, 0) is 17.3 Å². The van der Waals surface area contributed by atoms with E-state index in [0.717, 1.165) is 30.9 Å². The van der Waals surface area contributed by atoms with Crippen molar-refractivity contribution < 1.29 is 13.9 Å². The van der Waals surface area contributed by atoms with Crippen LogP contribution in [0.2, 0.25) is 16.6 Å². The summed E-state index contributed by atoms with van der Waals surface area (Å²) in [5.74, 6) is 2.53. The summed E-state index contributed by atoms with van der Waals surface area (Å²) in [4.78, 5) is 0. The van der Waals surface area contributed by atoms with Crippen LogP contribution in [-0.4, -0.2) is 21.7 Å². The second-order valence-corrected chi connectivity index (χ2v) is 14.1. The van der Waals surface area contributed by atoms with E-state index in [0.29, 0.717) is 29.3 Å². The summed E-state index contributed by atoms with van der Waals surface area (Å²) in [6.45, 7) is 15.5. The lowest BCUT2D eigenvalue weighted by atomic mass is 9.84. The SMILES string of the molecule is CC(C)[Si](OCC1CCc2c(ccc3c2OCO3)C1)(C(C)C)C(C)C. The molecule has 0 spiro atoms. The van der Waals surface area contributed by atoms with Gasteiger partial charge in [0.25, 0.3) is 0 Å². The van der Waals surface area contributed by atoms with Crippen LogP contribution < -0.4 is 9.47 Å². The molecule has 3 nitrogen and oxygen atoms in total. The van der Waals surface area contributed by atoms with Crippen molar-refractivity contribution in [1.29, 1.82) is 0 Å². The molecular weight excluding hydrogens is 328 g/mol. The van der Waals surface area contributed by atoms with Gasteiger partial charge in [-0.3, -0.25) is 0 Å². The van der Waals surface area contributed by atoms with Gasteiger partial charge in [-0.25, -0.2) is 0 Å². The second kappa shape index (κ2) is 7.32. The van der Waals surface area contributed by atoms with Gasteiger partial charge >= 0.3 is 0 Å². The first-order valence-corrected chi connectivity index (χ1v) is 12.0. The van der Waals surface area contributed by atoms with E-state index in [-0.39, 0.29) is 0 Å². The number of benzene rings is 1. The maximum atomic E-state index is 6.84. The fraction of sp³-hybridized carbons (Fsp3) is 0.714. The molecule has 4 heteroatoms. The van der Waals surface area contributed by atoms with Crippen LogP contribution in [0.4, 0.5) is 0 Å². The molecule has 1 aliphatic heterocycles. The van der Waals surface area contributed by atoms with Crippen molar-refractivity contribution in [3.8, 4) is 11.5 Å². The zero-order valence-electron chi connectivity index (χ0n) is 16.7. The Labute approximate surface area is 154 Å². The molecule has 1 heterocycles. The zero-order valence-corrected chi connectivity index (χ0v) is 17.7. The third-order valence-electron chi connectivity index (χ3n) is 6.33. The van der Waals surface area contributed by atoms with Crippen LogP contribution in [0.3, 0.4) is 0 Å². The molecule has 0 saturated carbocycles. The molecule has 1 aromatic rings. The fourth-order valence-corrected chi connectivity index (χ4v) is 10.7. The Hall–Kier alpha value is -1.00. The van der Waals surface area contributed by atoms with E-state index < -0.39 is 8.32 Å². The Balaban J connectivity index is 1.71. The Morgan fingerprint density at radius 1 is 1.04 bits per heavy atom. The highest BCUT2D eigenvalue weighted by Gasteiger charge is 2.45. The number of rotatable bonds is 6. The summed E-state index contributed by atoms with van der Waals surface area (Å²) in [6, 6.07) is 4.30. The number of hydrogen-bond acceptors (Lipinski definition) is 3. The summed E-state index contributed by atoms with van der Waals surface area (Å²) in [5, 5.41) is 0. The van der Waals surface area contributed by atoms with Crippen LogP contribution in [0.15, 0.2) is 12.1 Å². The van der Waals surface area contributed by atoms with Crippen LogP contribution in [0.25, 0.3) is 0 Å². The van der Waals surface area contributed by atoms with Crippen LogP contribution in [0.5, 0.6) is 11.5 Å². The topological polar surface area (TPSA) is 27.7 Å². The van der Waals surface area contributed by atoms with Gasteiger partial charge in [0.15, 0.2) is 19.8 Å². The summed E-state index contributed by atoms with van der Waals surface area (Å²) in [6.07, 6.45) is 3.37. The molecule has 0 N–H and O–H groups in total. The lowest BCUT2D eigenvalue weighted by molar-refractivity contribution is 0.172. The molecule has 1 aliphatic carbocycles. The van der Waals surface area contributed by atoms with Crippen molar-refractivity contribution in [3.05, 3.63) is 23.3 Å². The predicted molar refractivity (Wildman–Crippen MR) is 105 cm³/mol. The van der Waals surface area contributed by atoms with E-state index in [1.165, 1.54) is 17.5 Å². The molecule has 25 heavy (non-hydrogen) atoms. The highest BCUT2D eigenvalue weighted by molar-refractivity contribution is 6.77. The van der Waals surface area contributed by atoms with Gasteiger partial charge in [-0.1, -0.05) is 47.6 Å². The zero-order chi connectivity index (χ0) is 18.2. The molecule has 0 radical (unpaired) electrons. The fourth-order valence-electron chi connectivity index (χ4n) is 5.20. The summed E-state index contributed by atoms with van der Waals surface area (Å²) in [5.41, 5.74) is 4.74. The Bertz CT molecular complexity index is 588. The van der Waals surface area contributed by atoms with Crippen molar-refractivity contribution in [2.45, 2.75) is 77.4 Å². The average molecular weight is 363 g/mol. The Kier molecular flexibility index (Phi) is 5.50. The molecule has 1 atom stereocenters. The van der Waals surface area contributed by atoms with Crippen molar-refractivity contribution >= 4 is 8.32 Å². The molecule has 1 aromatic carbocycles. The van der Waals surface area contributed by atoms with E-state index in [4.69, 9.17) is 13.9 Å². The van der Waals surface area contributed by atoms with Gasteiger partial charge in [-0.2, -0.15) is 0 Å². The smallest absolute Gasteiger partial charge is 0.231 e. The molecule has 140 valence electrons. The largest absolute Gasteiger partial charge is 0.454 e. The average Bonchev–Trinajstić information content (AvgIpc) is 3.03. The third kappa shape index (κ3) is 3.35. The first kappa shape index (κ1) is 18.8. The lowest BCUT2D eigenvalue weighted by Gasteiger charge is -2.43. The standard InChI is InChI=1S/C21H34O3Si/c1-14(2)25(15(3)4,16(5)6)24-12-17-7-9-19-18(11-17)8-10-20-21(19)23-13-22-20/h8,10,14-17H,7,9,11-13H2,1-6H3. The molecule has 0 amide bonds. The van der Waals surface area contributed by atoms with Crippen LogP contribution in [0.1, 0.15) is 59.1 Å². The summed E-state index contributed by atoms with van der Waals surface area (Å²) < 4.78 is 18.1. The molecule has 0 bridgehead atoms. The molecular formula is C21H34O3Si. The van der Waals surface area contributed by atoms with Gasteiger partial charge in [0, 0.05) is 12.2 Å². The van der Waals surface area contributed by atoms with E-state index in [9.17, 15) is 0 Å². The maximum Gasteiger partial charge on any atom is 0.231 e. The number of hydrogen-bond donors (Lipinski definition) is 0. The van der Waals surface area contributed by atoms with Gasteiger partial charge < -0.3 is 13.9 Å². The van der Waals surface area contributed by atoms with Gasteiger partial charge in [-0.15, -0.1) is 0 Å². The predicted octanol–water partition coefficient (Wildman–Crippen LogP) is 5.71. The van der Waals surface area contributed by atoms with Crippen molar-refractivity contribution in [2.75, 3.05) is 13.4 Å². The van der Waals surface area contributed by atoms with Gasteiger partial charge in [0.1, 0.15) is 0 Å². The third-order valence-corrected chi connectivity index (χ3v) is 12.4. The Morgan fingerprint density at radius 3 is 2.36 bits per heavy atom. The van der Waals surface area contributed by atoms with Crippen molar-refractivity contribution in [2.24, 2.45) is 5.92 Å². The van der Waals surface area contributed by atoms with Gasteiger partial charge in [0.2, 0.25) is 6.79 Å². The monoisotopic (exact) mass is 362 g/mol. The first-order chi connectivity index (χ1) is 11.9.